The number of carbonyl (C=O) groups is 1. The largest absolute Gasteiger partial charge is 0.496 e. The highest BCUT2D eigenvalue weighted by molar-refractivity contribution is 7.92. The Bertz CT molecular complexity index is 1320. The van der Waals surface area contributed by atoms with Crippen molar-refractivity contribution in [1.29, 1.82) is 0 Å². The Kier molecular flexibility index (Phi) is 8.82. The Morgan fingerprint density at radius 1 is 0.917 bits per heavy atom. The van der Waals surface area contributed by atoms with Gasteiger partial charge in [0.2, 0.25) is 0 Å². The van der Waals surface area contributed by atoms with Crippen molar-refractivity contribution in [2.45, 2.75) is 38.5 Å². The fourth-order valence-corrected chi connectivity index (χ4v) is 5.46. The van der Waals surface area contributed by atoms with E-state index in [0.29, 0.717) is 40.5 Å². The highest BCUT2D eigenvalue weighted by atomic mass is 32.2. The summed E-state index contributed by atoms with van der Waals surface area (Å²) in [4.78, 5) is 11.1. The molecule has 3 aromatic rings. The topological polar surface area (TPSA) is 111 Å². The molecule has 0 heterocycles. The van der Waals surface area contributed by atoms with Crippen molar-refractivity contribution < 1.29 is 32.5 Å². The van der Waals surface area contributed by atoms with Crippen LogP contribution in [0.1, 0.15) is 28.7 Å². The van der Waals surface area contributed by atoms with Gasteiger partial charge in [-0.15, -0.1) is 0 Å². The van der Waals surface area contributed by atoms with E-state index in [1.165, 1.54) is 0 Å². The molecule has 0 atom stereocenters. The summed E-state index contributed by atoms with van der Waals surface area (Å²) >= 11 is 0. The van der Waals surface area contributed by atoms with Crippen LogP contribution >= 0.6 is 0 Å². The molecular formula is C27H31NO7S. The van der Waals surface area contributed by atoms with Gasteiger partial charge in [-0.1, -0.05) is 18.2 Å². The van der Waals surface area contributed by atoms with Gasteiger partial charge in [-0.3, -0.25) is 9.52 Å². The molecule has 0 aliphatic heterocycles. The molecule has 3 aromatic carbocycles. The number of methoxy groups -OCH3 is 1. The zero-order valence-electron chi connectivity index (χ0n) is 20.8. The van der Waals surface area contributed by atoms with Gasteiger partial charge in [-0.25, -0.2) is 8.42 Å². The summed E-state index contributed by atoms with van der Waals surface area (Å²) in [5.74, 6) is 0.987. The predicted molar refractivity (Wildman–Crippen MR) is 138 cm³/mol. The molecule has 0 aromatic heterocycles. The molecule has 0 fully saturated rings. The minimum atomic E-state index is -3.80. The van der Waals surface area contributed by atoms with E-state index in [0.717, 1.165) is 11.1 Å². The first-order valence-corrected chi connectivity index (χ1v) is 12.9. The maximum Gasteiger partial charge on any atom is 0.303 e. The van der Waals surface area contributed by atoms with Crippen LogP contribution in [0.2, 0.25) is 0 Å². The highest BCUT2D eigenvalue weighted by Gasteiger charge is 2.23. The SMILES string of the molecule is COc1cc(C)c(S(=O)(=O)Nc2ccc(OCCOc3ccccc3CCC(=O)O)cc2)c(C)c1C. The molecular weight excluding hydrogens is 482 g/mol. The molecule has 0 bridgehead atoms. The number of rotatable bonds is 12. The van der Waals surface area contributed by atoms with E-state index in [4.69, 9.17) is 19.3 Å². The first-order chi connectivity index (χ1) is 17.1. The number of carboxylic acid groups (broad SMARTS) is 1. The van der Waals surface area contributed by atoms with E-state index >= 15 is 0 Å². The van der Waals surface area contributed by atoms with Gasteiger partial charge >= 0.3 is 5.97 Å². The van der Waals surface area contributed by atoms with Crippen LogP contribution in [0.3, 0.4) is 0 Å². The molecule has 0 radical (unpaired) electrons. The van der Waals surface area contributed by atoms with Crippen molar-refractivity contribution in [2.24, 2.45) is 0 Å². The number of carboxylic acids is 1. The first kappa shape index (κ1) is 26.9. The minimum Gasteiger partial charge on any atom is -0.496 e. The van der Waals surface area contributed by atoms with E-state index in [2.05, 4.69) is 4.72 Å². The Hall–Kier alpha value is -3.72. The lowest BCUT2D eigenvalue weighted by atomic mass is 10.1. The number of hydrogen-bond donors (Lipinski definition) is 2. The van der Waals surface area contributed by atoms with E-state index in [1.807, 2.05) is 25.1 Å². The van der Waals surface area contributed by atoms with Crippen LogP contribution in [0.5, 0.6) is 17.2 Å². The van der Waals surface area contributed by atoms with Gasteiger partial charge in [0.05, 0.1) is 12.0 Å². The molecule has 0 unspecified atom stereocenters. The second kappa shape index (κ2) is 11.8. The van der Waals surface area contributed by atoms with Crippen molar-refractivity contribution in [1.82, 2.24) is 0 Å². The van der Waals surface area contributed by atoms with Crippen molar-refractivity contribution in [3.8, 4) is 17.2 Å². The average Bonchev–Trinajstić information content (AvgIpc) is 2.84. The number of aryl methyl sites for hydroxylation is 2. The number of aliphatic carboxylic acids is 1. The van der Waals surface area contributed by atoms with Gasteiger partial charge in [0, 0.05) is 12.1 Å². The summed E-state index contributed by atoms with van der Waals surface area (Å²) in [6.45, 7) is 5.88. The van der Waals surface area contributed by atoms with Crippen LogP contribution in [0.25, 0.3) is 0 Å². The zero-order chi connectivity index (χ0) is 26.3. The second-order valence-corrected chi connectivity index (χ2v) is 9.92. The Labute approximate surface area is 211 Å². The van der Waals surface area contributed by atoms with Crippen molar-refractivity contribution in [3.05, 3.63) is 76.9 Å². The minimum absolute atomic E-state index is 0.0319. The lowest BCUT2D eigenvalue weighted by molar-refractivity contribution is -0.136. The van der Waals surface area contributed by atoms with Crippen molar-refractivity contribution in [2.75, 3.05) is 25.0 Å². The second-order valence-electron chi connectivity index (χ2n) is 8.30. The summed E-state index contributed by atoms with van der Waals surface area (Å²) in [6.07, 6.45) is 0.420. The first-order valence-electron chi connectivity index (χ1n) is 11.5. The highest BCUT2D eigenvalue weighted by Crippen LogP contribution is 2.32. The van der Waals surface area contributed by atoms with Crippen LogP contribution < -0.4 is 18.9 Å². The lowest BCUT2D eigenvalue weighted by Gasteiger charge is -2.17. The fraction of sp³-hybridized carbons (Fsp3) is 0.296. The fourth-order valence-electron chi connectivity index (χ4n) is 3.88. The van der Waals surface area contributed by atoms with Gasteiger partial charge < -0.3 is 19.3 Å². The molecule has 0 amide bonds. The Morgan fingerprint density at radius 2 is 1.58 bits per heavy atom. The van der Waals surface area contributed by atoms with Crippen molar-refractivity contribution in [3.63, 3.8) is 0 Å². The molecule has 192 valence electrons. The number of para-hydroxylation sites is 1. The average molecular weight is 514 g/mol. The van der Waals surface area contributed by atoms with Crippen LogP contribution in [-0.2, 0) is 21.2 Å². The maximum absolute atomic E-state index is 13.1. The van der Waals surface area contributed by atoms with E-state index in [9.17, 15) is 13.2 Å². The molecule has 8 nitrogen and oxygen atoms in total. The third-order valence-electron chi connectivity index (χ3n) is 5.76. The molecule has 0 aliphatic carbocycles. The third kappa shape index (κ3) is 6.69. The lowest BCUT2D eigenvalue weighted by Crippen LogP contribution is -2.16. The molecule has 3 rings (SSSR count). The molecule has 2 N–H and O–H groups in total. The van der Waals surface area contributed by atoms with Gasteiger partial charge in [0.1, 0.15) is 30.5 Å². The molecule has 36 heavy (non-hydrogen) atoms. The van der Waals surface area contributed by atoms with Gasteiger partial charge in [0.15, 0.2) is 0 Å². The summed E-state index contributed by atoms with van der Waals surface area (Å²) in [6, 6.07) is 15.7. The van der Waals surface area contributed by atoms with Crippen molar-refractivity contribution >= 4 is 21.7 Å². The summed E-state index contributed by atoms with van der Waals surface area (Å²) < 4.78 is 45.6. The summed E-state index contributed by atoms with van der Waals surface area (Å²) in [5.41, 5.74) is 3.27. The molecule has 9 heteroatoms. The van der Waals surface area contributed by atoms with Gasteiger partial charge in [-0.2, -0.15) is 0 Å². The summed E-state index contributed by atoms with van der Waals surface area (Å²) in [7, 11) is -2.24. The Balaban J connectivity index is 1.58. The van der Waals surface area contributed by atoms with Crippen LogP contribution in [-0.4, -0.2) is 39.8 Å². The van der Waals surface area contributed by atoms with E-state index in [1.54, 1.807) is 57.4 Å². The number of anilines is 1. The predicted octanol–water partition coefficient (Wildman–Crippen LogP) is 4.90. The normalized spacial score (nSPS) is 11.1. The van der Waals surface area contributed by atoms with E-state index < -0.39 is 16.0 Å². The number of ether oxygens (including phenoxy) is 3. The number of sulfonamides is 1. The number of nitrogens with one attached hydrogen (secondary N) is 1. The third-order valence-corrected chi connectivity index (χ3v) is 7.43. The monoisotopic (exact) mass is 513 g/mol. The molecule has 0 spiro atoms. The van der Waals surface area contributed by atoms with Crippen LogP contribution in [0.4, 0.5) is 5.69 Å². The zero-order valence-corrected chi connectivity index (χ0v) is 21.6. The van der Waals surface area contributed by atoms with Gasteiger partial charge in [0.25, 0.3) is 10.0 Å². The Morgan fingerprint density at radius 3 is 2.25 bits per heavy atom. The maximum atomic E-state index is 13.1. The summed E-state index contributed by atoms with van der Waals surface area (Å²) in [5, 5.41) is 8.90. The quantitative estimate of drug-likeness (QED) is 0.332. The number of benzene rings is 3. The van der Waals surface area contributed by atoms with Gasteiger partial charge in [-0.05, 0) is 85.8 Å². The number of hydrogen-bond acceptors (Lipinski definition) is 6. The van der Waals surface area contributed by atoms with E-state index in [-0.39, 0.29) is 24.5 Å². The molecule has 0 saturated carbocycles. The van der Waals surface area contributed by atoms with Crippen LogP contribution in [0.15, 0.2) is 59.5 Å². The standard InChI is InChI=1S/C27H31NO7S/c1-18-17-25(33-4)19(2)20(3)27(18)36(31,32)28-22-10-12-23(13-11-22)34-15-16-35-24-8-6-5-7-21(24)9-14-26(29)30/h5-8,10-13,17,28H,9,14-16H2,1-4H3,(H,29,30). The molecule has 0 saturated heterocycles. The van der Waals surface area contributed by atoms with Crippen LogP contribution in [0, 0.1) is 20.8 Å². The molecule has 0 aliphatic rings. The smallest absolute Gasteiger partial charge is 0.303 e.